The molecule has 0 spiro atoms. The molecule has 4 aromatic rings. The third-order valence-corrected chi connectivity index (χ3v) is 6.70. The van der Waals surface area contributed by atoms with Gasteiger partial charge in [0, 0.05) is 26.3 Å². The molecule has 1 aromatic heterocycles. The molecule has 1 aliphatic heterocycles. The van der Waals surface area contributed by atoms with Gasteiger partial charge in [-0.2, -0.15) is 0 Å². The van der Waals surface area contributed by atoms with Crippen LogP contribution in [-0.4, -0.2) is 48.7 Å². The van der Waals surface area contributed by atoms with Crippen LogP contribution in [0, 0.1) is 5.92 Å². The molecule has 0 saturated carbocycles. The van der Waals surface area contributed by atoms with Crippen molar-refractivity contribution < 1.29 is 14.3 Å². The minimum Gasteiger partial charge on any atom is -0.465 e. The Morgan fingerprint density at radius 2 is 1.67 bits per heavy atom. The highest BCUT2D eigenvalue weighted by Crippen LogP contribution is 2.41. The second-order valence-electron chi connectivity index (χ2n) is 9.16. The van der Waals surface area contributed by atoms with E-state index in [-0.39, 0.29) is 12.5 Å². The lowest BCUT2D eigenvalue weighted by Crippen LogP contribution is -2.50. The van der Waals surface area contributed by atoms with E-state index in [1.807, 2.05) is 102 Å². The van der Waals surface area contributed by atoms with Crippen molar-refractivity contribution in [2.45, 2.75) is 19.4 Å². The Bertz CT molecular complexity index is 1380. The van der Waals surface area contributed by atoms with E-state index in [1.54, 1.807) is 11.8 Å². The van der Waals surface area contributed by atoms with Crippen molar-refractivity contribution in [2.24, 2.45) is 5.92 Å². The maximum Gasteiger partial charge on any atom is 0.321 e. The van der Waals surface area contributed by atoms with Gasteiger partial charge in [0.15, 0.2) is 5.92 Å². The van der Waals surface area contributed by atoms with Gasteiger partial charge in [-0.1, -0.05) is 54.6 Å². The number of aromatic nitrogens is 2. The van der Waals surface area contributed by atoms with Crippen molar-refractivity contribution >= 4 is 34.5 Å². The number of hydrogen-bond donors (Lipinski definition) is 0. The molecule has 0 radical (unpaired) electrons. The van der Waals surface area contributed by atoms with Crippen LogP contribution in [0.4, 0.5) is 11.6 Å². The Morgan fingerprint density at radius 3 is 2.36 bits per heavy atom. The molecule has 1 aliphatic rings. The first-order valence-electron chi connectivity index (χ1n) is 12.3. The van der Waals surface area contributed by atoms with Crippen molar-refractivity contribution in [2.75, 3.05) is 37.0 Å². The fourth-order valence-electron chi connectivity index (χ4n) is 4.92. The zero-order chi connectivity index (χ0) is 25.2. The van der Waals surface area contributed by atoms with Gasteiger partial charge in [0.25, 0.3) is 0 Å². The number of carbonyl (C=O) groups is 2. The summed E-state index contributed by atoms with van der Waals surface area (Å²) in [6, 6.07) is 25.2. The summed E-state index contributed by atoms with van der Waals surface area (Å²) in [5, 5.41) is 0. The highest BCUT2D eigenvalue weighted by atomic mass is 16.5. The van der Waals surface area contributed by atoms with Crippen molar-refractivity contribution in [3.8, 4) is 0 Å². The third kappa shape index (κ3) is 4.21. The average Bonchev–Trinajstić information content (AvgIpc) is 3.27. The van der Waals surface area contributed by atoms with Crippen LogP contribution in [-0.2, 0) is 20.7 Å². The fourth-order valence-corrected chi connectivity index (χ4v) is 4.92. The van der Waals surface area contributed by atoms with E-state index >= 15 is 0 Å². The number of esters is 1. The van der Waals surface area contributed by atoms with Crippen LogP contribution in [0.3, 0.4) is 0 Å². The largest absolute Gasteiger partial charge is 0.465 e. The lowest BCUT2D eigenvalue weighted by atomic mass is 9.89. The molecular formula is C29H30N4O3. The number of anilines is 2. The highest BCUT2D eigenvalue weighted by Gasteiger charge is 2.47. The minimum atomic E-state index is -1.02. The molecule has 2 atom stereocenters. The van der Waals surface area contributed by atoms with Crippen LogP contribution >= 0.6 is 0 Å². The van der Waals surface area contributed by atoms with Crippen molar-refractivity contribution in [1.29, 1.82) is 0 Å². The number of hydrogen-bond acceptors (Lipinski definition) is 5. The Labute approximate surface area is 210 Å². The van der Waals surface area contributed by atoms with Gasteiger partial charge in [-0.05, 0) is 48.7 Å². The van der Waals surface area contributed by atoms with Gasteiger partial charge in [-0.15, -0.1) is 0 Å². The number of fused-ring (bicyclic) bond motifs is 3. The fraction of sp³-hybridized carbons (Fsp3) is 0.276. The Balaban J connectivity index is 1.66. The van der Waals surface area contributed by atoms with Crippen LogP contribution in [0.25, 0.3) is 11.0 Å². The van der Waals surface area contributed by atoms with Gasteiger partial charge in [0.1, 0.15) is 0 Å². The maximum absolute atomic E-state index is 14.0. The van der Waals surface area contributed by atoms with E-state index in [9.17, 15) is 9.59 Å². The van der Waals surface area contributed by atoms with Gasteiger partial charge >= 0.3 is 5.97 Å². The van der Waals surface area contributed by atoms with Crippen LogP contribution in [0.15, 0.2) is 78.9 Å². The topological polar surface area (TPSA) is 67.7 Å². The third-order valence-electron chi connectivity index (χ3n) is 6.70. The van der Waals surface area contributed by atoms with Crippen LogP contribution in [0.1, 0.15) is 24.1 Å². The Kier molecular flexibility index (Phi) is 6.46. The molecular weight excluding hydrogens is 452 g/mol. The highest BCUT2D eigenvalue weighted by molar-refractivity contribution is 6.08. The summed E-state index contributed by atoms with van der Waals surface area (Å²) in [7, 11) is 3.96. The lowest BCUT2D eigenvalue weighted by molar-refractivity contribution is -0.153. The number of nitrogens with zero attached hydrogens (tertiary/aromatic N) is 4. The second-order valence-corrected chi connectivity index (χ2v) is 9.16. The summed E-state index contributed by atoms with van der Waals surface area (Å²) in [5.41, 5.74) is 4.67. The molecule has 0 bridgehead atoms. The van der Waals surface area contributed by atoms with E-state index in [0.29, 0.717) is 18.9 Å². The van der Waals surface area contributed by atoms with Crippen molar-refractivity contribution in [3.05, 3.63) is 90.0 Å². The predicted molar refractivity (Wildman–Crippen MR) is 141 cm³/mol. The molecule has 3 aromatic carbocycles. The Morgan fingerprint density at radius 1 is 0.972 bits per heavy atom. The quantitative estimate of drug-likeness (QED) is 0.287. The predicted octanol–water partition coefficient (Wildman–Crippen LogP) is 4.46. The standard InChI is InChI=1S/C29H30N4O3/c1-4-36-28(35)25-26(21-14-16-22(17-15-21)31(2)3)33-24-13-9-8-12-23(24)30-29(33)32(27(25)34)19-18-20-10-6-5-7-11-20/h5-17,25-26H,4,18-19H2,1-3H3/t25-,26-/m1/s1. The summed E-state index contributed by atoms with van der Waals surface area (Å²) < 4.78 is 7.49. The molecule has 0 aliphatic carbocycles. The van der Waals surface area contributed by atoms with E-state index < -0.39 is 17.9 Å². The molecule has 7 heteroatoms. The zero-order valence-electron chi connectivity index (χ0n) is 20.8. The molecule has 0 unspecified atom stereocenters. The number of ether oxygens (including phenoxy) is 1. The van der Waals surface area contributed by atoms with E-state index in [2.05, 4.69) is 0 Å². The first kappa shape index (κ1) is 23.6. The van der Waals surface area contributed by atoms with E-state index in [4.69, 9.17) is 9.72 Å². The second kappa shape index (κ2) is 9.85. The monoisotopic (exact) mass is 482 g/mol. The zero-order valence-corrected chi connectivity index (χ0v) is 20.8. The number of rotatable bonds is 7. The molecule has 7 nitrogen and oxygen atoms in total. The van der Waals surface area contributed by atoms with Gasteiger partial charge < -0.3 is 14.2 Å². The van der Waals surface area contributed by atoms with Crippen molar-refractivity contribution in [1.82, 2.24) is 9.55 Å². The molecule has 0 fully saturated rings. The smallest absolute Gasteiger partial charge is 0.321 e. The summed E-state index contributed by atoms with van der Waals surface area (Å²) in [6.07, 6.45) is 0.646. The minimum absolute atomic E-state index is 0.205. The molecule has 36 heavy (non-hydrogen) atoms. The van der Waals surface area contributed by atoms with Crippen LogP contribution < -0.4 is 9.80 Å². The summed E-state index contributed by atoms with van der Waals surface area (Å²) in [6.45, 7) is 2.38. The first-order chi connectivity index (χ1) is 17.5. The normalized spacial score (nSPS) is 17.2. The van der Waals surface area contributed by atoms with E-state index in [1.165, 1.54) is 0 Å². The molecule has 2 heterocycles. The van der Waals surface area contributed by atoms with Crippen LogP contribution in [0.5, 0.6) is 0 Å². The molecule has 1 amide bonds. The van der Waals surface area contributed by atoms with Crippen LogP contribution in [0.2, 0.25) is 0 Å². The maximum atomic E-state index is 14.0. The molecule has 0 N–H and O–H groups in total. The number of imidazole rings is 1. The number of carbonyl (C=O) groups excluding carboxylic acids is 2. The molecule has 5 rings (SSSR count). The van der Waals surface area contributed by atoms with Gasteiger partial charge in [0.05, 0.1) is 23.7 Å². The first-order valence-corrected chi connectivity index (χ1v) is 12.3. The average molecular weight is 483 g/mol. The molecule has 0 saturated heterocycles. The summed E-state index contributed by atoms with van der Waals surface area (Å²) in [5.74, 6) is -1.26. The number of amides is 1. The van der Waals surface area contributed by atoms with E-state index in [0.717, 1.165) is 27.8 Å². The Hall–Kier alpha value is -4.13. The number of para-hydroxylation sites is 2. The number of benzene rings is 3. The van der Waals surface area contributed by atoms with Gasteiger partial charge in [-0.25, -0.2) is 4.98 Å². The summed E-state index contributed by atoms with van der Waals surface area (Å²) >= 11 is 0. The van der Waals surface area contributed by atoms with Gasteiger partial charge in [-0.3, -0.25) is 14.5 Å². The lowest BCUT2D eigenvalue weighted by Gasteiger charge is -2.38. The SMILES string of the molecule is CCOC(=O)[C@H]1C(=O)N(CCc2ccccc2)c2nc3ccccc3n2[C@@H]1c1ccc(N(C)C)cc1. The molecule has 184 valence electrons. The van der Waals surface area contributed by atoms with Crippen molar-refractivity contribution in [3.63, 3.8) is 0 Å². The van der Waals surface area contributed by atoms with Gasteiger partial charge in [0.2, 0.25) is 11.9 Å². The summed E-state index contributed by atoms with van der Waals surface area (Å²) in [4.78, 5) is 35.9.